The number of allylic oxidation sites excluding steroid dienone is 2. The molecular weight excluding hydrogens is 945 g/mol. The molecule has 0 heterocycles. The molecule has 317 valence electrons. The second-order valence-electron chi connectivity index (χ2n) is 17.4. The van der Waals surface area contributed by atoms with Crippen LogP contribution in [0.1, 0.15) is 147 Å². The van der Waals surface area contributed by atoms with E-state index in [4.69, 9.17) is 17.2 Å². The summed E-state index contributed by atoms with van der Waals surface area (Å²) in [5.74, 6) is -0.0942. The van der Waals surface area contributed by atoms with E-state index in [-0.39, 0.29) is 36.5 Å². The SMILES string of the molecule is CCCCc1ccccc1-c1cccc2c1C=C(C(C)CC)[CH]2[Hf]([Cl])([Cl])([B](NC(=O)CC)NC(=O)CC)[CH]1C(C(C)CC)=Cc2c(-c3ccccc3CCCC)cccc21. The molecule has 2 N–H and O–H groups in total. The Hall–Kier alpha value is -3.18. The molecule has 0 fully saturated rings. The van der Waals surface area contributed by atoms with Gasteiger partial charge in [0, 0.05) is 0 Å². The van der Waals surface area contributed by atoms with Crippen molar-refractivity contribution < 1.29 is 25.5 Å². The van der Waals surface area contributed by atoms with Crippen LogP contribution in [-0.4, -0.2) is 16.4 Å². The molecule has 0 radical (unpaired) electrons. The third-order valence-electron chi connectivity index (χ3n) is 13.7. The number of benzene rings is 4. The Morgan fingerprint density at radius 3 is 1.33 bits per heavy atom. The number of fused-ring (bicyclic) bond motifs is 2. The first-order chi connectivity index (χ1) is 28.9. The van der Waals surface area contributed by atoms with Gasteiger partial charge in [0.1, 0.15) is 0 Å². The summed E-state index contributed by atoms with van der Waals surface area (Å²) in [6.45, 7) is 17.2. The molecule has 0 aliphatic heterocycles. The van der Waals surface area contributed by atoms with Gasteiger partial charge in [0.15, 0.2) is 0 Å². The normalized spacial score (nSPS) is 17.4. The molecule has 2 aliphatic carbocycles. The molecule has 0 saturated carbocycles. The number of hydrogen-bond acceptors (Lipinski definition) is 2. The molecule has 2 amide bonds. The molecule has 4 aromatic rings. The average molecular weight is 1010 g/mol. The Morgan fingerprint density at radius 2 is 0.967 bits per heavy atom. The molecule has 6 rings (SSSR count). The van der Waals surface area contributed by atoms with Gasteiger partial charge < -0.3 is 0 Å². The number of carbonyl (C=O) groups excluding carboxylic acids is 2. The number of aryl methyl sites for hydroxylation is 2. The van der Waals surface area contributed by atoms with Crippen LogP contribution < -0.4 is 10.5 Å². The van der Waals surface area contributed by atoms with Crippen molar-refractivity contribution in [2.24, 2.45) is 11.8 Å². The quantitative estimate of drug-likeness (QED) is 0.0920. The number of amides is 2. The van der Waals surface area contributed by atoms with E-state index in [9.17, 15) is 9.59 Å². The second-order valence-corrected chi connectivity index (χ2v) is 47.8. The van der Waals surface area contributed by atoms with Gasteiger partial charge in [0.2, 0.25) is 0 Å². The summed E-state index contributed by atoms with van der Waals surface area (Å²) in [4.78, 5) is 27.8. The molecular formula is C52H66BCl2HfN2O2. The Labute approximate surface area is 369 Å². The second kappa shape index (κ2) is 19.9. The van der Waals surface area contributed by atoms with E-state index in [1.54, 1.807) is 0 Å². The van der Waals surface area contributed by atoms with Crippen LogP contribution in [-0.2, 0) is 38.3 Å². The van der Waals surface area contributed by atoms with Crippen LogP contribution in [0.2, 0.25) is 0 Å². The van der Waals surface area contributed by atoms with Gasteiger partial charge in [-0.25, -0.2) is 0 Å². The van der Waals surface area contributed by atoms with Gasteiger partial charge in [-0.05, 0) is 0 Å². The number of unbranched alkanes of at least 4 members (excludes halogenated alkanes) is 2. The van der Waals surface area contributed by atoms with Crippen LogP contribution in [0.3, 0.4) is 0 Å². The third kappa shape index (κ3) is 8.73. The number of rotatable bonds is 19. The number of hydrogen-bond donors (Lipinski definition) is 2. The summed E-state index contributed by atoms with van der Waals surface area (Å²) in [6, 6.07) is 30.9. The van der Waals surface area contributed by atoms with Crippen molar-refractivity contribution in [1.29, 1.82) is 0 Å². The summed E-state index contributed by atoms with van der Waals surface area (Å²) >= 11 is -6.28. The van der Waals surface area contributed by atoms with Crippen molar-refractivity contribution in [3.63, 3.8) is 0 Å². The summed E-state index contributed by atoms with van der Waals surface area (Å²) in [6.07, 6.45) is 13.5. The summed E-state index contributed by atoms with van der Waals surface area (Å²) in [5, 5.41) is 6.70. The number of carbonyl (C=O) groups is 2. The summed E-state index contributed by atoms with van der Waals surface area (Å²) < 4.78 is -1.75. The summed E-state index contributed by atoms with van der Waals surface area (Å²) in [5.41, 5.74) is 14.4. The molecule has 8 heteroatoms. The van der Waals surface area contributed by atoms with Gasteiger partial charge >= 0.3 is 372 Å². The predicted octanol–water partition coefficient (Wildman–Crippen LogP) is 14.4. The Bertz CT molecular complexity index is 2110. The topological polar surface area (TPSA) is 58.2 Å². The van der Waals surface area contributed by atoms with Crippen molar-refractivity contribution in [3.05, 3.63) is 129 Å². The molecule has 0 bridgehead atoms. The van der Waals surface area contributed by atoms with E-state index >= 15 is 0 Å². The molecule has 0 saturated heterocycles. The van der Waals surface area contributed by atoms with E-state index in [0.717, 1.165) is 73.6 Å². The molecule has 4 aromatic carbocycles. The zero-order chi connectivity index (χ0) is 43.2. The first-order valence-corrected chi connectivity index (χ1v) is 38.0. The molecule has 4 nitrogen and oxygen atoms in total. The van der Waals surface area contributed by atoms with Crippen molar-refractivity contribution in [3.8, 4) is 22.3 Å². The van der Waals surface area contributed by atoms with Gasteiger partial charge in [-0.2, -0.15) is 0 Å². The van der Waals surface area contributed by atoms with Gasteiger partial charge in [-0.3, -0.25) is 0 Å². The monoisotopic (exact) mass is 1010 g/mol. The van der Waals surface area contributed by atoms with Crippen LogP contribution in [0, 0.1) is 11.8 Å². The van der Waals surface area contributed by atoms with Crippen molar-refractivity contribution in [2.75, 3.05) is 0 Å². The molecule has 2 aliphatic rings. The van der Waals surface area contributed by atoms with E-state index < -0.39 is 27.8 Å². The first kappa shape index (κ1) is 46.3. The zero-order valence-corrected chi connectivity index (χ0v) is 42.4. The maximum atomic E-state index is 13.9. The standard InChI is InChI=1S/2C23H27.C6H11BN2O2.2ClH.Hf/c2*1-4-6-10-18-11-7-8-13-21(18)22-14-9-12-19-15-20(16-23(19)22)17(3)5-2;1-3-5(10)8-7-9-6(11)4-2;;;/h2*7-9,11-17H,4-6,10H2,1-3H3;3-4H2,1-2H3,(H-,8,9,10,11);2*1H;/q;;;;;+1/p-1. The van der Waals surface area contributed by atoms with Crippen LogP contribution >= 0.6 is 17.2 Å². The number of halogens is 2. The Morgan fingerprint density at radius 1 is 0.583 bits per heavy atom. The molecule has 4 atom stereocenters. The fourth-order valence-corrected chi connectivity index (χ4v) is 39.7. The van der Waals surface area contributed by atoms with E-state index in [1.165, 1.54) is 44.5 Å². The van der Waals surface area contributed by atoms with Crippen LogP contribution in [0.25, 0.3) is 34.4 Å². The molecule has 60 heavy (non-hydrogen) atoms. The van der Waals surface area contributed by atoms with Gasteiger partial charge in [0.05, 0.1) is 0 Å². The average Bonchev–Trinajstić information content (AvgIpc) is 3.88. The van der Waals surface area contributed by atoms with Crippen molar-refractivity contribution in [2.45, 2.75) is 127 Å². The molecule has 0 aromatic heterocycles. The first-order valence-electron chi connectivity index (χ1n) is 22.9. The van der Waals surface area contributed by atoms with Crippen LogP contribution in [0.4, 0.5) is 0 Å². The van der Waals surface area contributed by atoms with E-state index in [1.807, 2.05) is 13.8 Å². The van der Waals surface area contributed by atoms with Crippen LogP contribution in [0.15, 0.2) is 96.1 Å². The fraction of sp³-hybridized carbons (Fsp3) is 0.423. The Kier molecular flexibility index (Phi) is 15.4. The molecule has 4 unspecified atom stereocenters. The van der Waals surface area contributed by atoms with Gasteiger partial charge in [-0.1, -0.05) is 0 Å². The third-order valence-corrected chi connectivity index (χ3v) is 41.9. The van der Waals surface area contributed by atoms with Crippen molar-refractivity contribution >= 4 is 45.7 Å². The zero-order valence-electron chi connectivity index (χ0n) is 37.3. The van der Waals surface area contributed by atoms with Gasteiger partial charge in [-0.15, -0.1) is 0 Å². The summed E-state index contributed by atoms with van der Waals surface area (Å²) in [7, 11) is 18.2. The maximum absolute atomic E-state index is 13.9. The van der Waals surface area contributed by atoms with Crippen LogP contribution in [0.5, 0.6) is 0 Å². The minimum atomic E-state index is -6.28. The fourth-order valence-electron chi connectivity index (χ4n) is 9.95. The van der Waals surface area contributed by atoms with E-state index in [2.05, 4.69) is 149 Å². The number of nitrogens with one attached hydrogen (secondary N) is 2. The van der Waals surface area contributed by atoms with Gasteiger partial charge in [0.25, 0.3) is 0 Å². The molecule has 0 spiro atoms. The van der Waals surface area contributed by atoms with Crippen molar-refractivity contribution in [1.82, 2.24) is 10.5 Å². The Balaban J connectivity index is 1.72. The predicted molar refractivity (Wildman–Crippen MR) is 256 cm³/mol. The van der Waals surface area contributed by atoms with E-state index in [0.29, 0.717) is 0 Å². The minimum absolute atomic E-state index is 0.136.